The second kappa shape index (κ2) is 6.06. The van der Waals surface area contributed by atoms with Gasteiger partial charge in [0.25, 0.3) is 5.91 Å². The number of rotatable bonds is 3. The van der Waals surface area contributed by atoms with Gasteiger partial charge in [-0.05, 0) is 42.8 Å². The zero-order valence-corrected chi connectivity index (χ0v) is 13.0. The summed E-state index contributed by atoms with van der Waals surface area (Å²) >= 11 is 6.19. The standard InChI is InChI=1S/C16H18ClN3O/c1-10-4-6-14(12(17)8-10)19-15-7-5-11(9-13(15)18)16(21)20(2)3/h4-9,19H,18H2,1-3H3. The fraction of sp³-hybridized carbons (Fsp3) is 0.188. The molecule has 0 bridgehead atoms. The first-order chi connectivity index (χ1) is 9.88. The number of anilines is 3. The van der Waals surface area contributed by atoms with E-state index in [2.05, 4.69) is 5.32 Å². The van der Waals surface area contributed by atoms with Gasteiger partial charge in [0.05, 0.1) is 22.1 Å². The Labute approximate surface area is 129 Å². The van der Waals surface area contributed by atoms with Crippen LogP contribution < -0.4 is 11.1 Å². The van der Waals surface area contributed by atoms with Gasteiger partial charge in [0.2, 0.25) is 0 Å². The van der Waals surface area contributed by atoms with E-state index >= 15 is 0 Å². The van der Waals surface area contributed by atoms with Crippen LogP contribution in [-0.2, 0) is 0 Å². The molecule has 2 aromatic rings. The van der Waals surface area contributed by atoms with Gasteiger partial charge in [0.1, 0.15) is 0 Å². The summed E-state index contributed by atoms with van der Waals surface area (Å²) in [6.07, 6.45) is 0. The van der Waals surface area contributed by atoms with Crippen LogP contribution in [-0.4, -0.2) is 24.9 Å². The van der Waals surface area contributed by atoms with E-state index in [1.165, 1.54) is 4.90 Å². The summed E-state index contributed by atoms with van der Waals surface area (Å²) in [6.45, 7) is 1.98. The van der Waals surface area contributed by atoms with Gasteiger partial charge in [0.15, 0.2) is 0 Å². The lowest BCUT2D eigenvalue weighted by molar-refractivity contribution is 0.0827. The van der Waals surface area contributed by atoms with E-state index in [0.29, 0.717) is 16.3 Å². The lowest BCUT2D eigenvalue weighted by Gasteiger charge is -2.14. The molecule has 2 aromatic carbocycles. The fourth-order valence-corrected chi connectivity index (χ4v) is 2.22. The Balaban J connectivity index is 2.27. The molecule has 0 aliphatic carbocycles. The van der Waals surface area contributed by atoms with E-state index in [-0.39, 0.29) is 5.91 Å². The van der Waals surface area contributed by atoms with E-state index in [9.17, 15) is 4.79 Å². The number of hydrogen-bond acceptors (Lipinski definition) is 3. The molecule has 110 valence electrons. The molecule has 3 N–H and O–H groups in total. The number of carbonyl (C=O) groups is 1. The molecule has 0 radical (unpaired) electrons. The SMILES string of the molecule is Cc1ccc(Nc2ccc(C(=O)N(C)C)cc2N)c(Cl)c1. The number of nitrogen functional groups attached to an aromatic ring is 1. The van der Waals surface area contributed by atoms with Gasteiger partial charge in [-0.15, -0.1) is 0 Å². The lowest BCUT2D eigenvalue weighted by atomic mass is 10.1. The highest BCUT2D eigenvalue weighted by atomic mass is 35.5. The summed E-state index contributed by atoms with van der Waals surface area (Å²) in [4.78, 5) is 13.4. The van der Waals surface area contributed by atoms with Crippen LogP contribution in [0.4, 0.5) is 17.1 Å². The molecule has 0 saturated carbocycles. The molecular weight excluding hydrogens is 286 g/mol. The van der Waals surface area contributed by atoms with Crippen molar-refractivity contribution >= 4 is 34.6 Å². The molecule has 0 aromatic heterocycles. The highest BCUT2D eigenvalue weighted by Crippen LogP contribution is 2.29. The third kappa shape index (κ3) is 3.47. The van der Waals surface area contributed by atoms with Crippen molar-refractivity contribution in [2.24, 2.45) is 0 Å². The van der Waals surface area contributed by atoms with Crippen molar-refractivity contribution in [1.29, 1.82) is 0 Å². The van der Waals surface area contributed by atoms with Crippen molar-refractivity contribution in [2.45, 2.75) is 6.92 Å². The Kier molecular flexibility index (Phi) is 4.38. The Hall–Kier alpha value is -2.20. The molecule has 0 atom stereocenters. The normalized spacial score (nSPS) is 10.3. The molecule has 0 heterocycles. The highest BCUT2D eigenvalue weighted by Gasteiger charge is 2.10. The largest absolute Gasteiger partial charge is 0.397 e. The van der Waals surface area contributed by atoms with Gasteiger partial charge in [0, 0.05) is 19.7 Å². The number of halogens is 1. The van der Waals surface area contributed by atoms with Crippen molar-refractivity contribution in [1.82, 2.24) is 4.90 Å². The Morgan fingerprint density at radius 2 is 1.81 bits per heavy atom. The average Bonchev–Trinajstić information content (AvgIpc) is 2.42. The predicted molar refractivity (Wildman–Crippen MR) is 88.3 cm³/mol. The second-order valence-corrected chi connectivity index (χ2v) is 5.52. The summed E-state index contributed by atoms with van der Waals surface area (Å²) in [6, 6.07) is 10.9. The summed E-state index contributed by atoms with van der Waals surface area (Å²) in [7, 11) is 3.41. The Morgan fingerprint density at radius 3 is 2.38 bits per heavy atom. The summed E-state index contributed by atoms with van der Waals surface area (Å²) in [5.74, 6) is -0.0818. The van der Waals surface area contributed by atoms with Crippen LogP contribution >= 0.6 is 11.6 Å². The van der Waals surface area contributed by atoms with Crippen molar-refractivity contribution in [2.75, 3.05) is 25.1 Å². The molecule has 0 spiro atoms. The fourth-order valence-electron chi connectivity index (χ4n) is 1.93. The molecule has 5 heteroatoms. The van der Waals surface area contributed by atoms with Gasteiger partial charge in [-0.1, -0.05) is 17.7 Å². The topological polar surface area (TPSA) is 58.4 Å². The van der Waals surface area contributed by atoms with Crippen molar-refractivity contribution < 1.29 is 4.79 Å². The van der Waals surface area contributed by atoms with Gasteiger partial charge in [-0.3, -0.25) is 4.79 Å². The van der Waals surface area contributed by atoms with Gasteiger partial charge in [-0.25, -0.2) is 0 Å². The number of aryl methyl sites for hydroxylation is 1. The van der Waals surface area contributed by atoms with Crippen LogP contribution in [0.3, 0.4) is 0 Å². The maximum Gasteiger partial charge on any atom is 0.253 e. The number of amides is 1. The predicted octanol–water partition coefficient (Wildman–Crippen LogP) is 3.68. The number of carbonyl (C=O) groups excluding carboxylic acids is 1. The molecule has 0 aliphatic heterocycles. The van der Waals surface area contributed by atoms with Crippen molar-refractivity contribution in [3.05, 3.63) is 52.5 Å². The molecule has 0 saturated heterocycles. The summed E-state index contributed by atoms with van der Waals surface area (Å²) in [5.41, 5.74) is 9.65. The zero-order chi connectivity index (χ0) is 15.6. The van der Waals surface area contributed by atoms with E-state index in [1.807, 2.05) is 25.1 Å². The van der Waals surface area contributed by atoms with E-state index in [1.54, 1.807) is 32.3 Å². The Bertz CT molecular complexity index is 683. The molecule has 4 nitrogen and oxygen atoms in total. The number of benzene rings is 2. The van der Waals surface area contributed by atoms with Crippen LogP contribution in [0.25, 0.3) is 0 Å². The van der Waals surface area contributed by atoms with Crippen LogP contribution in [0.1, 0.15) is 15.9 Å². The average molecular weight is 304 g/mol. The number of nitrogens with zero attached hydrogens (tertiary/aromatic N) is 1. The van der Waals surface area contributed by atoms with Crippen LogP contribution in [0.2, 0.25) is 5.02 Å². The smallest absolute Gasteiger partial charge is 0.253 e. The first-order valence-electron chi connectivity index (χ1n) is 6.53. The number of hydrogen-bond donors (Lipinski definition) is 2. The molecule has 2 rings (SSSR count). The third-order valence-electron chi connectivity index (χ3n) is 3.10. The monoisotopic (exact) mass is 303 g/mol. The summed E-state index contributed by atoms with van der Waals surface area (Å²) in [5, 5.41) is 3.81. The molecule has 0 fully saturated rings. The Morgan fingerprint density at radius 1 is 1.14 bits per heavy atom. The third-order valence-corrected chi connectivity index (χ3v) is 3.41. The minimum absolute atomic E-state index is 0.0818. The van der Waals surface area contributed by atoms with Gasteiger partial charge >= 0.3 is 0 Å². The maximum absolute atomic E-state index is 11.9. The zero-order valence-electron chi connectivity index (χ0n) is 12.3. The molecule has 1 amide bonds. The molecule has 0 unspecified atom stereocenters. The second-order valence-electron chi connectivity index (χ2n) is 5.11. The number of nitrogens with two attached hydrogens (primary N) is 1. The van der Waals surface area contributed by atoms with Crippen LogP contribution in [0, 0.1) is 6.92 Å². The van der Waals surface area contributed by atoms with Crippen LogP contribution in [0.5, 0.6) is 0 Å². The first kappa shape index (κ1) is 15.2. The van der Waals surface area contributed by atoms with Crippen LogP contribution in [0.15, 0.2) is 36.4 Å². The van der Waals surface area contributed by atoms with Crippen molar-refractivity contribution in [3.63, 3.8) is 0 Å². The lowest BCUT2D eigenvalue weighted by Crippen LogP contribution is -2.21. The minimum Gasteiger partial charge on any atom is -0.397 e. The molecule has 0 aliphatic rings. The van der Waals surface area contributed by atoms with Crippen molar-refractivity contribution in [3.8, 4) is 0 Å². The molecular formula is C16H18ClN3O. The summed E-state index contributed by atoms with van der Waals surface area (Å²) < 4.78 is 0. The van der Waals surface area contributed by atoms with Gasteiger partial charge in [-0.2, -0.15) is 0 Å². The minimum atomic E-state index is -0.0818. The van der Waals surface area contributed by atoms with E-state index in [0.717, 1.165) is 16.9 Å². The highest BCUT2D eigenvalue weighted by molar-refractivity contribution is 6.33. The van der Waals surface area contributed by atoms with Gasteiger partial charge < -0.3 is 16.0 Å². The number of nitrogens with one attached hydrogen (secondary N) is 1. The quantitative estimate of drug-likeness (QED) is 0.850. The maximum atomic E-state index is 11.9. The molecule has 21 heavy (non-hydrogen) atoms. The van der Waals surface area contributed by atoms with E-state index < -0.39 is 0 Å². The van der Waals surface area contributed by atoms with E-state index in [4.69, 9.17) is 17.3 Å². The first-order valence-corrected chi connectivity index (χ1v) is 6.90.